The monoisotopic (exact) mass is 245 g/mol. The number of benzene rings is 2. The van der Waals surface area contributed by atoms with Crippen LogP contribution in [0.15, 0.2) is 53.4 Å². The van der Waals surface area contributed by atoms with E-state index in [0.29, 0.717) is 11.4 Å². The van der Waals surface area contributed by atoms with Gasteiger partial charge in [-0.15, -0.1) is 0 Å². The van der Waals surface area contributed by atoms with Crippen LogP contribution in [0.2, 0.25) is 0 Å². The lowest BCUT2D eigenvalue weighted by Crippen LogP contribution is -2.01. The Kier molecular flexibility index (Phi) is 3.59. The van der Waals surface area contributed by atoms with Gasteiger partial charge in [-0.05, 0) is 30.2 Å². The van der Waals surface area contributed by atoms with E-state index in [0.717, 1.165) is 16.0 Å². The van der Waals surface area contributed by atoms with Crippen molar-refractivity contribution in [3.63, 3.8) is 0 Å². The molecule has 2 aromatic carbocycles. The molecule has 0 spiro atoms. The molecule has 0 aliphatic carbocycles. The molecule has 1 unspecified atom stereocenters. The van der Waals surface area contributed by atoms with Gasteiger partial charge in [-0.3, -0.25) is 4.21 Å². The summed E-state index contributed by atoms with van der Waals surface area (Å²) in [5.41, 5.74) is 8.51. The first-order chi connectivity index (χ1) is 8.18. The Bertz CT molecular complexity index is 537. The zero-order valence-corrected chi connectivity index (χ0v) is 10.5. The van der Waals surface area contributed by atoms with Crippen LogP contribution in [0, 0.1) is 6.92 Å². The zero-order valence-electron chi connectivity index (χ0n) is 9.72. The molecule has 0 fully saturated rings. The van der Waals surface area contributed by atoms with Gasteiger partial charge in [0.05, 0.1) is 16.6 Å². The summed E-state index contributed by atoms with van der Waals surface area (Å²) >= 11 is 0. The fourth-order valence-corrected chi connectivity index (χ4v) is 3.02. The second kappa shape index (κ2) is 5.15. The van der Waals surface area contributed by atoms with Gasteiger partial charge in [-0.2, -0.15) is 0 Å². The van der Waals surface area contributed by atoms with Crippen molar-refractivity contribution in [3.05, 3.63) is 59.7 Å². The first-order valence-corrected chi connectivity index (χ1v) is 6.78. The first-order valence-electron chi connectivity index (χ1n) is 5.46. The minimum Gasteiger partial charge on any atom is -0.398 e. The van der Waals surface area contributed by atoms with Gasteiger partial charge in [0.2, 0.25) is 0 Å². The van der Waals surface area contributed by atoms with E-state index < -0.39 is 10.8 Å². The second-order valence-corrected chi connectivity index (χ2v) is 5.37. The molecule has 0 amide bonds. The average Bonchev–Trinajstić information content (AvgIpc) is 2.34. The fourth-order valence-electron chi connectivity index (χ4n) is 1.68. The van der Waals surface area contributed by atoms with Gasteiger partial charge in [0.1, 0.15) is 0 Å². The molecule has 2 nitrogen and oxygen atoms in total. The summed E-state index contributed by atoms with van der Waals surface area (Å²) in [6.45, 7) is 1.91. The minimum absolute atomic E-state index is 0.533. The van der Waals surface area contributed by atoms with E-state index in [-0.39, 0.29) is 0 Å². The van der Waals surface area contributed by atoms with E-state index in [9.17, 15) is 4.21 Å². The second-order valence-electron chi connectivity index (χ2n) is 3.95. The van der Waals surface area contributed by atoms with Crippen molar-refractivity contribution in [3.8, 4) is 0 Å². The van der Waals surface area contributed by atoms with Crippen molar-refractivity contribution in [1.29, 1.82) is 0 Å². The van der Waals surface area contributed by atoms with E-state index >= 15 is 0 Å². The predicted octanol–water partition coefficient (Wildman–Crippen LogP) is 2.89. The van der Waals surface area contributed by atoms with Crippen LogP contribution < -0.4 is 5.73 Å². The Labute approximate surface area is 104 Å². The van der Waals surface area contributed by atoms with Gasteiger partial charge in [-0.1, -0.05) is 36.4 Å². The fraction of sp³-hybridized carbons (Fsp3) is 0.143. The highest BCUT2D eigenvalue weighted by molar-refractivity contribution is 7.84. The number of nitrogen functional groups attached to an aromatic ring is 1. The molecule has 17 heavy (non-hydrogen) atoms. The Morgan fingerprint density at radius 1 is 1.06 bits per heavy atom. The number of hydrogen-bond donors (Lipinski definition) is 1. The molecule has 0 radical (unpaired) electrons. The Hall–Kier alpha value is -1.61. The molecule has 1 atom stereocenters. The Balaban J connectivity index is 2.24. The Morgan fingerprint density at radius 3 is 2.47 bits per heavy atom. The zero-order chi connectivity index (χ0) is 12.3. The summed E-state index contributed by atoms with van der Waals surface area (Å²) in [6, 6.07) is 15.4. The van der Waals surface area contributed by atoms with E-state index in [4.69, 9.17) is 5.73 Å². The standard InChI is InChI=1S/C14H15NOS/c1-11-13(15)8-5-9-14(11)17(16)10-12-6-3-2-4-7-12/h2-9H,10,15H2,1H3. The first kappa shape index (κ1) is 11.9. The van der Waals surface area contributed by atoms with Crippen molar-refractivity contribution in [2.75, 3.05) is 5.73 Å². The quantitative estimate of drug-likeness (QED) is 0.845. The molecular formula is C14H15NOS. The van der Waals surface area contributed by atoms with Crippen molar-refractivity contribution in [1.82, 2.24) is 0 Å². The van der Waals surface area contributed by atoms with Crippen LogP contribution in [-0.2, 0) is 16.6 Å². The highest BCUT2D eigenvalue weighted by Crippen LogP contribution is 2.21. The third kappa shape index (κ3) is 2.74. The minimum atomic E-state index is -1.04. The third-order valence-corrected chi connectivity index (χ3v) is 4.24. The van der Waals surface area contributed by atoms with Gasteiger partial charge in [0.25, 0.3) is 0 Å². The van der Waals surface area contributed by atoms with Crippen LogP contribution in [0.5, 0.6) is 0 Å². The maximum atomic E-state index is 12.2. The lowest BCUT2D eigenvalue weighted by atomic mass is 10.2. The molecule has 0 aromatic heterocycles. The highest BCUT2D eigenvalue weighted by Gasteiger charge is 2.09. The van der Waals surface area contributed by atoms with E-state index in [2.05, 4.69) is 0 Å². The van der Waals surface area contributed by atoms with Gasteiger partial charge in [0, 0.05) is 10.6 Å². The SMILES string of the molecule is Cc1c(N)cccc1S(=O)Cc1ccccc1. The molecule has 0 bridgehead atoms. The molecule has 0 aliphatic rings. The summed E-state index contributed by atoms with van der Waals surface area (Å²) < 4.78 is 12.2. The van der Waals surface area contributed by atoms with E-state index in [1.165, 1.54) is 0 Å². The van der Waals surface area contributed by atoms with Crippen LogP contribution in [0.1, 0.15) is 11.1 Å². The summed E-state index contributed by atoms with van der Waals surface area (Å²) in [6.07, 6.45) is 0. The summed E-state index contributed by atoms with van der Waals surface area (Å²) in [7, 11) is -1.04. The number of anilines is 1. The van der Waals surface area contributed by atoms with Gasteiger partial charge >= 0.3 is 0 Å². The highest BCUT2D eigenvalue weighted by atomic mass is 32.2. The largest absolute Gasteiger partial charge is 0.398 e. The molecule has 0 saturated heterocycles. The van der Waals surface area contributed by atoms with Crippen LogP contribution in [0.25, 0.3) is 0 Å². The summed E-state index contributed by atoms with van der Waals surface area (Å²) in [5, 5.41) is 0. The molecule has 2 aromatic rings. The molecule has 2 N–H and O–H groups in total. The van der Waals surface area contributed by atoms with Crippen molar-refractivity contribution in [2.45, 2.75) is 17.6 Å². The summed E-state index contributed by atoms with van der Waals surface area (Å²) in [5.74, 6) is 0.533. The molecule has 0 saturated carbocycles. The van der Waals surface area contributed by atoms with Crippen LogP contribution in [0.4, 0.5) is 5.69 Å². The lowest BCUT2D eigenvalue weighted by molar-refractivity contribution is 0.682. The molecule has 0 aliphatic heterocycles. The lowest BCUT2D eigenvalue weighted by Gasteiger charge is -2.08. The van der Waals surface area contributed by atoms with Gasteiger partial charge in [-0.25, -0.2) is 0 Å². The topological polar surface area (TPSA) is 43.1 Å². The Morgan fingerprint density at radius 2 is 1.76 bits per heavy atom. The maximum absolute atomic E-state index is 12.2. The van der Waals surface area contributed by atoms with Crippen LogP contribution in [0.3, 0.4) is 0 Å². The molecule has 3 heteroatoms. The van der Waals surface area contributed by atoms with Gasteiger partial charge in [0.15, 0.2) is 0 Å². The van der Waals surface area contributed by atoms with E-state index in [1.807, 2.05) is 55.5 Å². The molecular weight excluding hydrogens is 230 g/mol. The van der Waals surface area contributed by atoms with Crippen molar-refractivity contribution < 1.29 is 4.21 Å². The predicted molar refractivity (Wildman–Crippen MR) is 72.1 cm³/mol. The average molecular weight is 245 g/mol. The van der Waals surface area contributed by atoms with Gasteiger partial charge < -0.3 is 5.73 Å². The van der Waals surface area contributed by atoms with Crippen molar-refractivity contribution in [2.24, 2.45) is 0 Å². The number of nitrogens with two attached hydrogens (primary N) is 1. The third-order valence-electron chi connectivity index (χ3n) is 2.71. The van der Waals surface area contributed by atoms with Crippen LogP contribution in [-0.4, -0.2) is 4.21 Å². The molecule has 0 heterocycles. The maximum Gasteiger partial charge on any atom is 0.0577 e. The van der Waals surface area contributed by atoms with E-state index in [1.54, 1.807) is 0 Å². The molecule has 2 rings (SSSR count). The summed E-state index contributed by atoms with van der Waals surface area (Å²) in [4.78, 5) is 0.828. The number of hydrogen-bond acceptors (Lipinski definition) is 2. The molecule has 88 valence electrons. The normalized spacial score (nSPS) is 12.3. The number of rotatable bonds is 3. The van der Waals surface area contributed by atoms with Crippen molar-refractivity contribution >= 4 is 16.5 Å². The van der Waals surface area contributed by atoms with Crippen LogP contribution >= 0.6 is 0 Å². The smallest absolute Gasteiger partial charge is 0.0577 e.